The van der Waals surface area contributed by atoms with Crippen molar-refractivity contribution in [2.24, 2.45) is 0 Å². The fraction of sp³-hybridized carbons (Fsp3) is 0.261. The van der Waals surface area contributed by atoms with Gasteiger partial charge in [-0.15, -0.1) is 0 Å². The van der Waals surface area contributed by atoms with E-state index in [0.29, 0.717) is 35.5 Å². The number of nitrogens with zero attached hydrogens (tertiary/aromatic N) is 3. The molecule has 0 spiro atoms. The molecule has 1 aliphatic rings. The van der Waals surface area contributed by atoms with Crippen molar-refractivity contribution in [3.8, 4) is 22.4 Å². The predicted octanol–water partition coefficient (Wildman–Crippen LogP) is 4.37. The molecule has 2 aromatic carbocycles. The molecule has 0 saturated heterocycles. The lowest BCUT2D eigenvalue weighted by Gasteiger charge is -2.24. The highest BCUT2D eigenvalue weighted by molar-refractivity contribution is 7.20. The quantitative estimate of drug-likeness (QED) is 0.469. The highest BCUT2D eigenvalue weighted by atomic mass is 32.1. The largest absolute Gasteiger partial charge is 0.497 e. The molecule has 9 heteroatoms. The van der Waals surface area contributed by atoms with Gasteiger partial charge in [-0.05, 0) is 42.8 Å². The number of carbonyl (C=O) groups excluding carboxylic acids is 1. The molecule has 1 atom stereocenters. The van der Waals surface area contributed by atoms with Crippen molar-refractivity contribution in [3.63, 3.8) is 0 Å². The number of methoxy groups -OCH3 is 2. The molecule has 4 aromatic rings. The second-order valence-corrected chi connectivity index (χ2v) is 8.35. The van der Waals surface area contributed by atoms with Gasteiger partial charge >= 0.3 is 0 Å². The summed E-state index contributed by atoms with van der Waals surface area (Å²) < 4.78 is 19.1. The number of amides is 1. The van der Waals surface area contributed by atoms with Gasteiger partial charge in [0.25, 0.3) is 0 Å². The van der Waals surface area contributed by atoms with Gasteiger partial charge in [0, 0.05) is 17.9 Å². The molecule has 32 heavy (non-hydrogen) atoms. The third-order valence-corrected chi connectivity index (χ3v) is 6.47. The summed E-state index contributed by atoms with van der Waals surface area (Å²) in [5.74, 6) is 2.52. The maximum atomic E-state index is 12.6. The third kappa shape index (κ3) is 3.44. The molecule has 8 nitrogen and oxygen atoms in total. The van der Waals surface area contributed by atoms with Gasteiger partial charge in [-0.2, -0.15) is 9.78 Å². The minimum atomic E-state index is -0.147. The van der Waals surface area contributed by atoms with Crippen LogP contribution >= 0.6 is 11.3 Å². The third-order valence-electron chi connectivity index (χ3n) is 5.48. The Labute approximate surface area is 188 Å². The topological polar surface area (TPSA) is 87.5 Å². The summed E-state index contributed by atoms with van der Waals surface area (Å²) in [4.78, 5) is 17.3. The van der Waals surface area contributed by atoms with Gasteiger partial charge in [0.15, 0.2) is 11.5 Å². The average Bonchev–Trinajstić information content (AvgIpc) is 3.42. The van der Waals surface area contributed by atoms with Crippen molar-refractivity contribution in [1.82, 2.24) is 14.8 Å². The molecular formula is C23H22N4O4S. The van der Waals surface area contributed by atoms with E-state index in [2.05, 4.69) is 10.4 Å². The maximum absolute atomic E-state index is 12.6. The number of rotatable bonds is 6. The van der Waals surface area contributed by atoms with Crippen LogP contribution in [0.2, 0.25) is 0 Å². The number of benzene rings is 2. The first-order valence-corrected chi connectivity index (χ1v) is 11.1. The van der Waals surface area contributed by atoms with E-state index in [0.717, 1.165) is 27.1 Å². The molecule has 1 amide bonds. The van der Waals surface area contributed by atoms with Crippen molar-refractivity contribution in [1.29, 1.82) is 0 Å². The number of hydrogen-bond acceptors (Lipinski definition) is 7. The van der Waals surface area contributed by atoms with E-state index in [1.165, 1.54) is 11.3 Å². The Balaban J connectivity index is 1.56. The van der Waals surface area contributed by atoms with Gasteiger partial charge in [-0.1, -0.05) is 17.4 Å². The molecule has 1 aliphatic heterocycles. The van der Waals surface area contributed by atoms with Gasteiger partial charge in [0.2, 0.25) is 11.0 Å². The first-order valence-electron chi connectivity index (χ1n) is 10.2. The number of hydrogen-bond donors (Lipinski definition) is 1. The summed E-state index contributed by atoms with van der Waals surface area (Å²) in [6.07, 6.45) is 2.13. The van der Waals surface area contributed by atoms with Crippen LogP contribution in [0, 0.1) is 0 Å². The van der Waals surface area contributed by atoms with Crippen molar-refractivity contribution in [2.75, 3.05) is 26.1 Å². The number of fused-ring (bicyclic) bond motifs is 2. The number of nitrogens with one attached hydrogen (secondary N) is 1. The summed E-state index contributed by atoms with van der Waals surface area (Å²) >= 11 is 1.49. The van der Waals surface area contributed by atoms with E-state index < -0.39 is 0 Å². The van der Waals surface area contributed by atoms with Gasteiger partial charge in [-0.3, -0.25) is 4.79 Å². The summed E-state index contributed by atoms with van der Waals surface area (Å²) in [5, 5.41) is 8.23. The zero-order valence-corrected chi connectivity index (χ0v) is 18.7. The van der Waals surface area contributed by atoms with Crippen LogP contribution in [0.5, 0.6) is 17.2 Å². The van der Waals surface area contributed by atoms with Crippen molar-refractivity contribution in [2.45, 2.75) is 19.3 Å². The van der Waals surface area contributed by atoms with Crippen LogP contribution in [0.4, 0.5) is 5.82 Å². The fourth-order valence-corrected chi connectivity index (χ4v) is 4.91. The van der Waals surface area contributed by atoms with E-state index in [-0.39, 0.29) is 11.8 Å². The van der Waals surface area contributed by atoms with Gasteiger partial charge in [0.1, 0.15) is 11.6 Å². The van der Waals surface area contributed by atoms with Crippen LogP contribution in [-0.2, 0) is 4.79 Å². The van der Waals surface area contributed by atoms with Crippen LogP contribution in [0.1, 0.15) is 30.4 Å². The highest BCUT2D eigenvalue weighted by Crippen LogP contribution is 2.41. The Morgan fingerprint density at radius 2 is 2.03 bits per heavy atom. The summed E-state index contributed by atoms with van der Waals surface area (Å²) in [6, 6.07) is 11.5. The number of ether oxygens (including phenoxy) is 3. The summed E-state index contributed by atoms with van der Waals surface area (Å²) in [7, 11) is 3.25. The smallest absolute Gasteiger partial charge is 0.226 e. The maximum Gasteiger partial charge on any atom is 0.226 e. The molecule has 3 heterocycles. The van der Waals surface area contributed by atoms with E-state index >= 15 is 0 Å². The fourth-order valence-electron chi connectivity index (χ4n) is 3.95. The second-order valence-electron chi connectivity index (χ2n) is 7.34. The molecule has 0 fully saturated rings. The van der Waals surface area contributed by atoms with Gasteiger partial charge < -0.3 is 19.5 Å². The molecule has 0 bridgehead atoms. The van der Waals surface area contributed by atoms with E-state index in [1.54, 1.807) is 25.1 Å². The SMILES string of the molecule is CCOc1ccc([C@@H]2CC(=O)Nc3c2cnn3-c2nc3ccc(OC)cc3s2)cc1OC. The first-order chi connectivity index (χ1) is 15.6. The molecule has 2 aromatic heterocycles. The minimum Gasteiger partial charge on any atom is -0.497 e. The average molecular weight is 451 g/mol. The Morgan fingerprint density at radius 3 is 2.81 bits per heavy atom. The van der Waals surface area contributed by atoms with Crippen LogP contribution in [0.25, 0.3) is 15.3 Å². The summed E-state index contributed by atoms with van der Waals surface area (Å²) in [6.45, 7) is 2.48. The minimum absolute atomic E-state index is 0.0696. The van der Waals surface area contributed by atoms with Crippen LogP contribution in [0.15, 0.2) is 42.6 Å². The zero-order valence-electron chi connectivity index (χ0n) is 17.9. The standard InChI is InChI=1S/C23H22N4O4S/c1-4-31-18-8-5-13(9-19(18)30-3)15-11-21(28)26-22-16(15)12-24-27(22)23-25-17-7-6-14(29-2)10-20(17)32-23/h5-10,12,15H,4,11H2,1-3H3,(H,26,28)/t15-/m0/s1. The Hall–Kier alpha value is -3.59. The lowest BCUT2D eigenvalue weighted by Crippen LogP contribution is -2.24. The Bertz CT molecular complexity index is 1310. The monoisotopic (exact) mass is 450 g/mol. The van der Waals surface area contributed by atoms with E-state index in [9.17, 15) is 4.79 Å². The van der Waals surface area contributed by atoms with E-state index in [1.807, 2.05) is 43.3 Å². The Kier molecular flexibility index (Phi) is 5.18. The van der Waals surface area contributed by atoms with Crippen LogP contribution in [-0.4, -0.2) is 41.5 Å². The molecule has 1 N–H and O–H groups in total. The zero-order chi connectivity index (χ0) is 22.2. The lowest BCUT2D eigenvalue weighted by atomic mass is 9.87. The molecule has 164 valence electrons. The van der Waals surface area contributed by atoms with E-state index in [4.69, 9.17) is 19.2 Å². The van der Waals surface area contributed by atoms with Crippen molar-refractivity contribution in [3.05, 3.63) is 53.7 Å². The van der Waals surface area contributed by atoms with Crippen LogP contribution < -0.4 is 19.5 Å². The highest BCUT2D eigenvalue weighted by Gasteiger charge is 2.31. The normalized spacial score (nSPS) is 15.3. The second kappa shape index (κ2) is 8.16. The van der Waals surface area contributed by atoms with Gasteiger partial charge in [-0.25, -0.2) is 4.98 Å². The van der Waals surface area contributed by atoms with Crippen molar-refractivity contribution >= 4 is 33.3 Å². The summed E-state index contributed by atoms with van der Waals surface area (Å²) in [5.41, 5.74) is 2.76. The lowest BCUT2D eigenvalue weighted by molar-refractivity contribution is -0.116. The van der Waals surface area contributed by atoms with Crippen LogP contribution in [0.3, 0.4) is 0 Å². The molecular weight excluding hydrogens is 428 g/mol. The van der Waals surface area contributed by atoms with Gasteiger partial charge in [0.05, 0.1) is 37.2 Å². The molecule has 5 rings (SSSR count). The molecule has 0 saturated carbocycles. The number of thiazole rings is 1. The Morgan fingerprint density at radius 1 is 1.16 bits per heavy atom. The first kappa shape index (κ1) is 20.3. The predicted molar refractivity (Wildman–Crippen MR) is 123 cm³/mol. The molecule has 0 unspecified atom stereocenters. The number of anilines is 1. The number of aromatic nitrogens is 3. The van der Waals surface area contributed by atoms with Crippen molar-refractivity contribution < 1.29 is 19.0 Å². The number of carbonyl (C=O) groups is 1. The molecule has 0 radical (unpaired) electrons. The molecule has 0 aliphatic carbocycles.